The molecular weight excluding hydrogens is 333 g/mol. The second kappa shape index (κ2) is 7.89. The van der Waals surface area contributed by atoms with Crippen molar-refractivity contribution in [1.29, 1.82) is 0 Å². The quantitative estimate of drug-likeness (QED) is 0.882. The number of likely N-dealkylation sites (tertiary alicyclic amines) is 1. The van der Waals surface area contributed by atoms with Crippen LogP contribution in [-0.2, 0) is 22.2 Å². The molecule has 0 aromatic heterocycles. The summed E-state index contributed by atoms with van der Waals surface area (Å²) in [6, 6.07) is 4.89. The number of nitrogens with one attached hydrogen (secondary N) is 1. The highest BCUT2D eigenvalue weighted by atomic mass is 19.4. The van der Waals surface area contributed by atoms with E-state index in [2.05, 4.69) is 5.32 Å². The van der Waals surface area contributed by atoms with Crippen LogP contribution in [-0.4, -0.2) is 35.8 Å². The maximum atomic E-state index is 13.0. The summed E-state index contributed by atoms with van der Waals surface area (Å²) in [7, 11) is 0. The number of carbonyl (C=O) groups excluding carboxylic acids is 2. The molecule has 2 amide bonds. The number of hydrogen-bond acceptors (Lipinski definition) is 2. The minimum Gasteiger partial charge on any atom is -0.351 e. The van der Waals surface area contributed by atoms with Crippen molar-refractivity contribution in [2.24, 2.45) is 5.92 Å². The van der Waals surface area contributed by atoms with Crippen molar-refractivity contribution in [1.82, 2.24) is 10.2 Å². The van der Waals surface area contributed by atoms with E-state index >= 15 is 0 Å². The van der Waals surface area contributed by atoms with Crippen molar-refractivity contribution >= 4 is 11.8 Å². The molecular formula is C18H23F3N2O2. The van der Waals surface area contributed by atoms with Gasteiger partial charge in [0.25, 0.3) is 0 Å². The van der Waals surface area contributed by atoms with Crippen LogP contribution in [0.4, 0.5) is 13.2 Å². The fourth-order valence-electron chi connectivity index (χ4n) is 3.34. The first-order chi connectivity index (χ1) is 11.7. The molecule has 138 valence electrons. The minimum atomic E-state index is -4.49. The largest absolute Gasteiger partial charge is 0.416 e. The van der Waals surface area contributed by atoms with Crippen molar-refractivity contribution in [3.05, 3.63) is 35.4 Å². The van der Waals surface area contributed by atoms with Crippen LogP contribution < -0.4 is 5.32 Å². The van der Waals surface area contributed by atoms with Gasteiger partial charge in [-0.15, -0.1) is 0 Å². The monoisotopic (exact) mass is 356 g/mol. The van der Waals surface area contributed by atoms with E-state index in [1.807, 2.05) is 6.92 Å². The highest BCUT2D eigenvalue weighted by Crippen LogP contribution is 2.32. The van der Waals surface area contributed by atoms with E-state index in [1.165, 1.54) is 25.1 Å². The number of halogens is 3. The zero-order valence-corrected chi connectivity index (χ0v) is 14.4. The Labute approximate surface area is 145 Å². The van der Waals surface area contributed by atoms with Gasteiger partial charge in [-0.05, 0) is 24.0 Å². The van der Waals surface area contributed by atoms with E-state index < -0.39 is 17.6 Å². The molecule has 1 N–H and O–H groups in total. The molecule has 0 aliphatic carbocycles. The normalized spacial score (nSPS) is 20.6. The SMILES string of the molecule is CCC[C@@H]1CN(C(C)=O)C[C@H]1NC(=O)Cc1ccccc1C(F)(F)F. The predicted octanol–water partition coefficient (Wildman–Crippen LogP) is 3.01. The van der Waals surface area contributed by atoms with Crippen molar-refractivity contribution in [3.63, 3.8) is 0 Å². The van der Waals surface area contributed by atoms with Crippen molar-refractivity contribution < 1.29 is 22.8 Å². The Morgan fingerprint density at radius 1 is 1.24 bits per heavy atom. The minimum absolute atomic E-state index is 0.0408. The lowest BCUT2D eigenvalue weighted by Crippen LogP contribution is -2.41. The predicted molar refractivity (Wildman–Crippen MR) is 87.7 cm³/mol. The second-order valence-corrected chi connectivity index (χ2v) is 6.48. The molecule has 0 radical (unpaired) electrons. The molecule has 2 atom stereocenters. The van der Waals surface area contributed by atoms with E-state index in [0.717, 1.165) is 18.9 Å². The maximum absolute atomic E-state index is 13.0. The van der Waals surface area contributed by atoms with E-state index in [4.69, 9.17) is 0 Å². The van der Waals surface area contributed by atoms with Gasteiger partial charge in [0.1, 0.15) is 0 Å². The molecule has 1 aliphatic rings. The standard InChI is InChI=1S/C18H23F3N2O2/c1-3-6-14-10-23(12(2)24)11-16(14)22-17(25)9-13-7-4-5-8-15(13)18(19,20)21/h4-5,7-8,14,16H,3,6,9-11H2,1-2H3,(H,22,25)/t14-,16-/m1/s1. The molecule has 1 saturated heterocycles. The Morgan fingerprint density at radius 3 is 2.52 bits per heavy atom. The Hall–Kier alpha value is -2.05. The smallest absolute Gasteiger partial charge is 0.351 e. The van der Waals surface area contributed by atoms with Gasteiger partial charge in [-0.25, -0.2) is 0 Å². The van der Waals surface area contributed by atoms with Crippen LogP contribution in [0, 0.1) is 5.92 Å². The molecule has 1 aromatic rings. The molecule has 1 aliphatic heterocycles. The summed E-state index contributed by atoms with van der Waals surface area (Å²) in [5.74, 6) is -0.371. The zero-order chi connectivity index (χ0) is 18.6. The van der Waals surface area contributed by atoms with Crippen LogP contribution >= 0.6 is 0 Å². The third kappa shape index (κ3) is 4.96. The Kier molecular flexibility index (Phi) is 6.08. The summed E-state index contributed by atoms with van der Waals surface area (Å²) < 4.78 is 39.1. The third-order valence-corrected chi connectivity index (χ3v) is 4.57. The number of rotatable bonds is 5. The molecule has 25 heavy (non-hydrogen) atoms. The third-order valence-electron chi connectivity index (χ3n) is 4.57. The van der Waals surface area contributed by atoms with Gasteiger partial charge < -0.3 is 10.2 Å². The van der Waals surface area contributed by atoms with Gasteiger partial charge in [0, 0.05) is 20.0 Å². The maximum Gasteiger partial charge on any atom is 0.416 e. The first-order valence-corrected chi connectivity index (χ1v) is 8.42. The number of benzene rings is 1. The van der Waals surface area contributed by atoms with Gasteiger partial charge in [0.05, 0.1) is 18.0 Å². The summed E-state index contributed by atoms with van der Waals surface area (Å²) in [6.07, 6.45) is -3.04. The van der Waals surface area contributed by atoms with Gasteiger partial charge in [0.15, 0.2) is 0 Å². The number of nitrogens with zero attached hydrogens (tertiary/aromatic N) is 1. The highest BCUT2D eigenvalue weighted by Gasteiger charge is 2.36. The van der Waals surface area contributed by atoms with E-state index in [-0.39, 0.29) is 29.9 Å². The second-order valence-electron chi connectivity index (χ2n) is 6.48. The average molecular weight is 356 g/mol. The molecule has 2 rings (SSSR count). The molecule has 1 aromatic carbocycles. The van der Waals surface area contributed by atoms with E-state index in [9.17, 15) is 22.8 Å². The van der Waals surface area contributed by atoms with E-state index in [0.29, 0.717) is 13.1 Å². The fraction of sp³-hybridized carbons (Fsp3) is 0.556. The molecule has 0 unspecified atom stereocenters. The molecule has 0 spiro atoms. The van der Waals surface area contributed by atoms with Crippen molar-refractivity contribution in [2.75, 3.05) is 13.1 Å². The highest BCUT2D eigenvalue weighted by molar-refractivity contribution is 5.80. The lowest BCUT2D eigenvalue weighted by Gasteiger charge is -2.20. The Bertz CT molecular complexity index is 631. The average Bonchev–Trinajstić information content (AvgIpc) is 2.90. The van der Waals surface area contributed by atoms with Crippen LogP contribution in [0.3, 0.4) is 0 Å². The van der Waals surface area contributed by atoms with Crippen LogP contribution in [0.15, 0.2) is 24.3 Å². The van der Waals surface area contributed by atoms with E-state index in [1.54, 1.807) is 4.90 Å². The Balaban J connectivity index is 2.06. The molecule has 0 bridgehead atoms. The fourth-order valence-corrected chi connectivity index (χ4v) is 3.34. The first kappa shape index (κ1) is 19.3. The van der Waals surface area contributed by atoms with Gasteiger partial charge in [-0.3, -0.25) is 9.59 Å². The Morgan fingerprint density at radius 2 is 1.92 bits per heavy atom. The lowest BCUT2D eigenvalue weighted by molar-refractivity contribution is -0.138. The number of amides is 2. The molecule has 4 nitrogen and oxygen atoms in total. The molecule has 1 heterocycles. The molecule has 0 saturated carbocycles. The first-order valence-electron chi connectivity index (χ1n) is 8.42. The van der Waals surface area contributed by atoms with Gasteiger partial charge in [0.2, 0.25) is 11.8 Å². The summed E-state index contributed by atoms with van der Waals surface area (Å²) in [4.78, 5) is 25.5. The molecule has 7 heteroatoms. The van der Waals surface area contributed by atoms with Crippen LogP contribution in [0.25, 0.3) is 0 Å². The van der Waals surface area contributed by atoms with Crippen molar-refractivity contribution in [2.45, 2.75) is 45.3 Å². The summed E-state index contributed by atoms with van der Waals surface area (Å²) >= 11 is 0. The number of carbonyl (C=O) groups is 2. The van der Waals surface area contributed by atoms with Gasteiger partial charge >= 0.3 is 6.18 Å². The number of hydrogen-bond donors (Lipinski definition) is 1. The lowest BCUT2D eigenvalue weighted by atomic mass is 9.97. The molecule has 1 fully saturated rings. The van der Waals surface area contributed by atoms with Crippen LogP contribution in [0.2, 0.25) is 0 Å². The topological polar surface area (TPSA) is 49.4 Å². The summed E-state index contributed by atoms with van der Waals surface area (Å²) in [5, 5.41) is 2.83. The van der Waals surface area contributed by atoms with Crippen LogP contribution in [0.1, 0.15) is 37.8 Å². The van der Waals surface area contributed by atoms with Gasteiger partial charge in [-0.2, -0.15) is 13.2 Å². The number of alkyl halides is 3. The zero-order valence-electron chi connectivity index (χ0n) is 14.4. The van der Waals surface area contributed by atoms with Crippen LogP contribution in [0.5, 0.6) is 0 Å². The van der Waals surface area contributed by atoms with Gasteiger partial charge in [-0.1, -0.05) is 31.5 Å². The van der Waals surface area contributed by atoms with Crippen molar-refractivity contribution in [3.8, 4) is 0 Å². The summed E-state index contributed by atoms with van der Waals surface area (Å²) in [6.45, 7) is 4.49. The summed E-state index contributed by atoms with van der Waals surface area (Å²) in [5.41, 5.74) is -0.826.